The Kier molecular flexibility index (Phi) is 24.8. The van der Waals surface area contributed by atoms with E-state index in [2.05, 4.69) is 42.8 Å². The van der Waals surface area contributed by atoms with Gasteiger partial charge in [-0.15, -0.1) is 0 Å². The summed E-state index contributed by atoms with van der Waals surface area (Å²) >= 11 is 0. The van der Waals surface area contributed by atoms with Crippen molar-refractivity contribution in [3.8, 4) is 0 Å². The molecule has 0 saturated heterocycles. The van der Waals surface area contributed by atoms with Crippen molar-refractivity contribution in [2.75, 3.05) is 0 Å². The molecule has 1 atom stereocenters. The molecule has 1 N–H and O–H groups in total. The molecule has 0 amide bonds. The molecule has 37 heavy (non-hydrogen) atoms. The quantitative estimate of drug-likeness (QED) is 0.0805. The molecule has 0 fully saturated rings. The molecule has 2 heteroatoms. The second-order valence-electron chi connectivity index (χ2n) is 12.2. The van der Waals surface area contributed by atoms with Crippen LogP contribution in [-0.4, -0.2) is 4.98 Å². The minimum absolute atomic E-state index is 0.723. The highest BCUT2D eigenvalue weighted by Gasteiger charge is 2.20. The Morgan fingerprint density at radius 1 is 0.486 bits per heavy atom. The predicted molar refractivity (Wildman–Crippen MR) is 165 cm³/mol. The van der Waals surface area contributed by atoms with Crippen molar-refractivity contribution in [1.29, 1.82) is 0 Å². The van der Waals surface area contributed by atoms with Crippen LogP contribution >= 0.6 is 0 Å². The molecule has 1 aromatic heterocycles. The molecule has 0 aliphatic heterocycles. The van der Waals surface area contributed by atoms with Crippen LogP contribution in [0.15, 0.2) is 12.4 Å². The molecule has 0 spiro atoms. The maximum atomic E-state index is 3.56. The van der Waals surface area contributed by atoms with E-state index in [1.165, 1.54) is 186 Å². The molecule has 0 unspecified atom stereocenters. The van der Waals surface area contributed by atoms with Gasteiger partial charge in [0.2, 0.25) is 0 Å². The van der Waals surface area contributed by atoms with Gasteiger partial charge in [0.1, 0.15) is 12.4 Å². The van der Waals surface area contributed by atoms with Gasteiger partial charge < -0.3 is 0 Å². The van der Waals surface area contributed by atoms with E-state index in [9.17, 15) is 0 Å². The summed E-state index contributed by atoms with van der Waals surface area (Å²) in [5.74, 6) is 2.18. The van der Waals surface area contributed by atoms with Crippen LogP contribution in [0.3, 0.4) is 0 Å². The highest BCUT2D eigenvalue weighted by atomic mass is 15.0. The second-order valence-corrected chi connectivity index (χ2v) is 12.2. The number of hydrogen-bond acceptors (Lipinski definition) is 0. The minimum atomic E-state index is 0.723. The SMILES string of the molecule is CCCCCCCCCCCCCCCCC[C@H](CCCCCCCCCCCCC)c1[nH]cc[n+]1C. The van der Waals surface area contributed by atoms with Gasteiger partial charge >= 0.3 is 0 Å². The van der Waals surface area contributed by atoms with E-state index in [0.717, 1.165) is 5.92 Å². The number of aromatic nitrogens is 2. The Labute approximate surface area is 234 Å². The van der Waals surface area contributed by atoms with Gasteiger partial charge in [-0.25, -0.2) is 9.55 Å². The van der Waals surface area contributed by atoms with E-state index in [0.29, 0.717) is 0 Å². The van der Waals surface area contributed by atoms with Crippen molar-refractivity contribution < 1.29 is 4.57 Å². The van der Waals surface area contributed by atoms with Crippen molar-refractivity contribution in [3.63, 3.8) is 0 Å². The largest absolute Gasteiger partial charge is 0.257 e. The molecule has 0 aliphatic rings. The van der Waals surface area contributed by atoms with Crippen LogP contribution in [0, 0.1) is 0 Å². The molecule has 1 rings (SSSR count). The van der Waals surface area contributed by atoms with E-state index >= 15 is 0 Å². The third-order valence-corrected chi connectivity index (χ3v) is 8.61. The lowest BCUT2D eigenvalue weighted by molar-refractivity contribution is -0.679. The lowest BCUT2D eigenvalue weighted by atomic mass is 9.93. The molecule has 0 aliphatic carbocycles. The van der Waals surface area contributed by atoms with Crippen LogP contribution in [0.4, 0.5) is 0 Å². The van der Waals surface area contributed by atoms with E-state index in [1.54, 1.807) is 0 Å². The first-order valence-corrected chi connectivity index (χ1v) is 17.3. The smallest absolute Gasteiger partial charge is 0.247 e. The van der Waals surface area contributed by atoms with Crippen LogP contribution in [0.1, 0.15) is 205 Å². The summed E-state index contributed by atoms with van der Waals surface area (Å²) in [6.07, 6.45) is 44.6. The van der Waals surface area contributed by atoms with Crippen molar-refractivity contribution in [2.24, 2.45) is 7.05 Å². The predicted octanol–water partition coefficient (Wildman–Crippen LogP) is 11.9. The van der Waals surface area contributed by atoms with Crippen molar-refractivity contribution in [3.05, 3.63) is 18.2 Å². The average molecular weight is 518 g/mol. The molecule has 1 aromatic rings. The summed E-state index contributed by atoms with van der Waals surface area (Å²) in [5, 5.41) is 0. The Morgan fingerprint density at radius 3 is 1.05 bits per heavy atom. The fraction of sp³-hybridized carbons (Fsp3) is 0.914. The van der Waals surface area contributed by atoms with Gasteiger partial charge in [0.15, 0.2) is 0 Å². The zero-order valence-electron chi connectivity index (χ0n) is 26.0. The number of rotatable bonds is 29. The highest BCUT2D eigenvalue weighted by molar-refractivity contribution is 4.89. The Bertz CT molecular complexity index is 563. The minimum Gasteiger partial charge on any atom is -0.247 e. The summed E-state index contributed by atoms with van der Waals surface area (Å²) in [7, 11) is 2.21. The fourth-order valence-electron chi connectivity index (χ4n) is 6.06. The van der Waals surface area contributed by atoms with Crippen molar-refractivity contribution in [2.45, 2.75) is 200 Å². The molecular formula is C35H69N2+. The van der Waals surface area contributed by atoms with Gasteiger partial charge in [0, 0.05) is 0 Å². The lowest BCUT2D eigenvalue weighted by Crippen LogP contribution is -2.32. The van der Waals surface area contributed by atoms with Gasteiger partial charge in [0.05, 0.1) is 13.0 Å². The van der Waals surface area contributed by atoms with Crippen LogP contribution < -0.4 is 4.57 Å². The number of aromatic amines is 1. The maximum Gasteiger partial charge on any atom is 0.257 e. The number of aryl methyl sites for hydroxylation is 1. The number of imidazole rings is 1. The zero-order valence-corrected chi connectivity index (χ0v) is 26.0. The first-order valence-electron chi connectivity index (χ1n) is 17.3. The molecular weight excluding hydrogens is 448 g/mol. The van der Waals surface area contributed by atoms with E-state index in [4.69, 9.17) is 0 Å². The number of hydrogen-bond donors (Lipinski definition) is 1. The second kappa shape index (κ2) is 26.8. The monoisotopic (exact) mass is 518 g/mol. The summed E-state index contributed by atoms with van der Waals surface area (Å²) < 4.78 is 2.33. The molecule has 218 valence electrons. The average Bonchev–Trinajstić information content (AvgIpc) is 3.33. The Hall–Kier alpha value is -0.790. The summed E-state index contributed by atoms with van der Waals surface area (Å²) in [4.78, 5) is 3.56. The maximum absolute atomic E-state index is 3.56. The number of H-pyrrole nitrogens is 1. The molecule has 0 aromatic carbocycles. The van der Waals surface area contributed by atoms with E-state index < -0.39 is 0 Å². The van der Waals surface area contributed by atoms with E-state index in [-0.39, 0.29) is 0 Å². The first-order chi connectivity index (χ1) is 18.3. The molecule has 0 radical (unpaired) electrons. The first kappa shape index (κ1) is 34.2. The zero-order chi connectivity index (χ0) is 26.7. The van der Waals surface area contributed by atoms with E-state index in [1.807, 2.05) is 0 Å². The standard InChI is InChI=1S/C35H68N2/c1-4-6-8-10-12-14-16-17-18-19-21-23-25-27-29-31-34(35-36-32-33-37(35)3)30-28-26-24-22-20-15-13-11-9-7-5-2/h32-34H,4-31H2,1-3H3/p+1/t34-/m0/s1. The fourth-order valence-corrected chi connectivity index (χ4v) is 6.06. The van der Waals surface area contributed by atoms with Gasteiger partial charge in [0.25, 0.3) is 5.82 Å². The van der Waals surface area contributed by atoms with Crippen molar-refractivity contribution >= 4 is 0 Å². The molecule has 2 nitrogen and oxygen atoms in total. The van der Waals surface area contributed by atoms with Crippen LogP contribution in [0.25, 0.3) is 0 Å². The topological polar surface area (TPSA) is 19.7 Å². The van der Waals surface area contributed by atoms with Gasteiger partial charge in [-0.05, 0) is 12.8 Å². The normalized spacial score (nSPS) is 12.4. The summed E-state index contributed by atoms with van der Waals surface area (Å²) in [6.45, 7) is 4.61. The third-order valence-electron chi connectivity index (χ3n) is 8.61. The highest BCUT2D eigenvalue weighted by Crippen LogP contribution is 2.26. The number of unbranched alkanes of at least 4 members (excludes halogenated alkanes) is 24. The summed E-state index contributed by atoms with van der Waals surface area (Å²) in [5.41, 5.74) is 0. The Balaban J connectivity index is 2.01. The third kappa shape index (κ3) is 20.8. The van der Waals surface area contributed by atoms with Gasteiger partial charge in [-0.3, -0.25) is 0 Å². The van der Waals surface area contributed by atoms with Crippen LogP contribution in [0.5, 0.6) is 0 Å². The Morgan fingerprint density at radius 2 is 0.784 bits per heavy atom. The van der Waals surface area contributed by atoms with Gasteiger partial charge in [-0.1, -0.05) is 181 Å². The summed E-state index contributed by atoms with van der Waals surface area (Å²) in [6, 6.07) is 0. The lowest BCUT2D eigenvalue weighted by Gasteiger charge is -2.13. The molecule has 1 heterocycles. The molecule has 0 bridgehead atoms. The number of nitrogens with zero attached hydrogens (tertiary/aromatic N) is 1. The van der Waals surface area contributed by atoms with Gasteiger partial charge in [-0.2, -0.15) is 0 Å². The van der Waals surface area contributed by atoms with Crippen LogP contribution in [0.2, 0.25) is 0 Å². The number of nitrogens with one attached hydrogen (secondary N) is 1. The van der Waals surface area contributed by atoms with Crippen LogP contribution in [-0.2, 0) is 7.05 Å². The molecule has 0 saturated carbocycles. The van der Waals surface area contributed by atoms with Crippen molar-refractivity contribution in [1.82, 2.24) is 4.98 Å².